The molecular formula is C16H23ClN2O3. The minimum absolute atomic E-state index is 0.0590. The Hall–Kier alpha value is -1.59. The predicted molar refractivity (Wildman–Crippen MR) is 87.9 cm³/mol. The summed E-state index contributed by atoms with van der Waals surface area (Å²) < 4.78 is 0. The van der Waals surface area contributed by atoms with E-state index in [1.165, 1.54) is 0 Å². The molecule has 5 nitrogen and oxygen atoms in total. The smallest absolute Gasteiger partial charge is 0.313 e. The van der Waals surface area contributed by atoms with E-state index in [1.54, 1.807) is 24.3 Å². The van der Waals surface area contributed by atoms with Crippen LogP contribution < -0.4 is 10.6 Å². The first kappa shape index (κ1) is 18.5. The first-order valence-corrected chi connectivity index (χ1v) is 7.85. The van der Waals surface area contributed by atoms with Gasteiger partial charge in [-0.2, -0.15) is 0 Å². The van der Waals surface area contributed by atoms with Gasteiger partial charge in [0.15, 0.2) is 0 Å². The molecule has 0 saturated heterocycles. The van der Waals surface area contributed by atoms with Crippen molar-refractivity contribution in [1.82, 2.24) is 5.32 Å². The molecule has 0 aliphatic heterocycles. The maximum atomic E-state index is 11.8. The van der Waals surface area contributed by atoms with Crippen LogP contribution >= 0.6 is 11.6 Å². The highest BCUT2D eigenvalue weighted by atomic mass is 35.5. The highest BCUT2D eigenvalue weighted by Gasteiger charge is 2.26. The van der Waals surface area contributed by atoms with Crippen molar-refractivity contribution in [2.24, 2.45) is 0 Å². The van der Waals surface area contributed by atoms with Crippen molar-refractivity contribution in [3.8, 4) is 0 Å². The van der Waals surface area contributed by atoms with Gasteiger partial charge in [-0.1, -0.05) is 50.4 Å². The van der Waals surface area contributed by atoms with Gasteiger partial charge in [0.2, 0.25) is 0 Å². The van der Waals surface area contributed by atoms with E-state index in [9.17, 15) is 14.7 Å². The van der Waals surface area contributed by atoms with Crippen LogP contribution in [-0.2, 0) is 9.59 Å². The Bertz CT molecular complexity index is 514. The van der Waals surface area contributed by atoms with E-state index in [1.807, 2.05) is 13.8 Å². The van der Waals surface area contributed by atoms with Crippen LogP contribution in [0.5, 0.6) is 0 Å². The molecule has 0 aromatic heterocycles. The predicted octanol–water partition coefficient (Wildman–Crippen LogP) is 2.73. The summed E-state index contributed by atoms with van der Waals surface area (Å²) in [5.74, 6) is -1.59. The van der Waals surface area contributed by atoms with E-state index in [0.717, 1.165) is 12.8 Å². The fourth-order valence-corrected chi connectivity index (χ4v) is 2.48. The lowest BCUT2D eigenvalue weighted by Crippen LogP contribution is -2.46. The lowest BCUT2D eigenvalue weighted by atomic mass is 9.92. The van der Waals surface area contributed by atoms with E-state index in [-0.39, 0.29) is 6.54 Å². The van der Waals surface area contributed by atoms with Gasteiger partial charge in [0.25, 0.3) is 0 Å². The minimum Gasteiger partial charge on any atom is -0.388 e. The van der Waals surface area contributed by atoms with Crippen molar-refractivity contribution >= 4 is 29.1 Å². The topological polar surface area (TPSA) is 78.4 Å². The summed E-state index contributed by atoms with van der Waals surface area (Å²) in [6.45, 7) is 3.99. The molecule has 0 heterocycles. The zero-order valence-electron chi connectivity index (χ0n) is 13.0. The van der Waals surface area contributed by atoms with Gasteiger partial charge in [-0.3, -0.25) is 9.59 Å². The molecule has 1 aromatic rings. The molecule has 0 saturated carbocycles. The maximum absolute atomic E-state index is 11.8. The number of carbonyl (C=O) groups is 2. The summed E-state index contributed by atoms with van der Waals surface area (Å²) in [6, 6.07) is 6.67. The molecule has 3 N–H and O–H groups in total. The van der Waals surface area contributed by atoms with Crippen molar-refractivity contribution in [3.63, 3.8) is 0 Å². The number of hydrogen-bond donors (Lipinski definition) is 3. The fraction of sp³-hybridized carbons (Fsp3) is 0.500. The van der Waals surface area contributed by atoms with Crippen molar-refractivity contribution in [2.75, 3.05) is 11.9 Å². The van der Waals surface area contributed by atoms with Crippen molar-refractivity contribution < 1.29 is 14.7 Å². The number of hydrogen-bond acceptors (Lipinski definition) is 3. The third kappa shape index (κ3) is 5.66. The molecule has 122 valence electrons. The number of amides is 2. The van der Waals surface area contributed by atoms with E-state index < -0.39 is 17.4 Å². The molecule has 6 heteroatoms. The molecular weight excluding hydrogens is 304 g/mol. The molecule has 0 bridgehead atoms. The van der Waals surface area contributed by atoms with E-state index >= 15 is 0 Å². The van der Waals surface area contributed by atoms with Crippen molar-refractivity contribution in [2.45, 2.75) is 45.1 Å². The van der Waals surface area contributed by atoms with E-state index in [4.69, 9.17) is 11.6 Å². The standard InChI is InChI=1S/C16H23ClN2O3/c1-3-9-16(22,10-4-2)11-18-14(20)15(21)19-13-8-6-5-7-12(13)17/h5-8,22H,3-4,9-11H2,1-2H3,(H,18,20)(H,19,21). The molecule has 22 heavy (non-hydrogen) atoms. The number of aliphatic hydroxyl groups is 1. The average molecular weight is 327 g/mol. The highest BCUT2D eigenvalue weighted by molar-refractivity contribution is 6.41. The molecule has 0 unspecified atom stereocenters. The Kier molecular flexibility index (Phi) is 7.35. The summed E-state index contributed by atoms with van der Waals surface area (Å²) in [7, 11) is 0. The van der Waals surface area contributed by atoms with Gasteiger partial charge in [0, 0.05) is 6.54 Å². The van der Waals surface area contributed by atoms with Crippen LogP contribution in [0.1, 0.15) is 39.5 Å². The first-order chi connectivity index (χ1) is 10.4. The van der Waals surface area contributed by atoms with Gasteiger partial charge in [-0.15, -0.1) is 0 Å². The van der Waals surface area contributed by atoms with Crippen LogP contribution in [0, 0.1) is 0 Å². The van der Waals surface area contributed by atoms with Gasteiger partial charge in [0.05, 0.1) is 16.3 Å². The first-order valence-electron chi connectivity index (χ1n) is 7.48. The summed E-state index contributed by atoms with van der Waals surface area (Å²) >= 11 is 5.92. The maximum Gasteiger partial charge on any atom is 0.313 e. The number of rotatable bonds is 7. The average Bonchev–Trinajstić information content (AvgIpc) is 2.47. The Morgan fingerprint density at radius 2 is 1.73 bits per heavy atom. The van der Waals surface area contributed by atoms with E-state index in [0.29, 0.717) is 23.6 Å². The van der Waals surface area contributed by atoms with Gasteiger partial charge in [0.1, 0.15) is 0 Å². The van der Waals surface area contributed by atoms with Crippen LogP contribution in [0.2, 0.25) is 5.02 Å². The third-order valence-electron chi connectivity index (χ3n) is 3.34. The number of carbonyl (C=O) groups excluding carboxylic acids is 2. The molecule has 0 aliphatic carbocycles. The quantitative estimate of drug-likeness (QED) is 0.674. The second-order valence-electron chi connectivity index (χ2n) is 5.34. The van der Waals surface area contributed by atoms with Gasteiger partial charge in [-0.05, 0) is 25.0 Å². The normalized spacial score (nSPS) is 11.1. The molecule has 0 atom stereocenters. The number of halogens is 1. The molecule has 1 aromatic carbocycles. The molecule has 2 amide bonds. The molecule has 0 fully saturated rings. The summed E-state index contributed by atoms with van der Waals surface area (Å²) in [4.78, 5) is 23.7. The lowest BCUT2D eigenvalue weighted by Gasteiger charge is -2.27. The number of anilines is 1. The molecule has 0 aliphatic rings. The van der Waals surface area contributed by atoms with Gasteiger partial charge in [-0.25, -0.2) is 0 Å². The molecule has 0 radical (unpaired) electrons. The second-order valence-corrected chi connectivity index (χ2v) is 5.75. The molecule has 1 rings (SSSR count). The second kappa shape index (κ2) is 8.76. The Morgan fingerprint density at radius 3 is 2.27 bits per heavy atom. The van der Waals surface area contributed by atoms with Crippen LogP contribution in [0.3, 0.4) is 0 Å². The van der Waals surface area contributed by atoms with Gasteiger partial charge >= 0.3 is 11.8 Å². The third-order valence-corrected chi connectivity index (χ3v) is 3.67. The Labute approximate surface area is 136 Å². The lowest BCUT2D eigenvalue weighted by molar-refractivity contribution is -0.137. The van der Waals surface area contributed by atoms with Crippen LogP contribution in [0.4, 0.5) is 5.69 Å². The summed E-state index contributed by atoms with van der Waals surface area (Å²) in [5, 5.41) is 15.7. The van der Waals surface area contributed by atoms with E-state index in [2.05, 4.69) is 10.6 Å². The number of para-hydroxylation sites is 1. The summed E-state index contributed by atoms with van der Waals surface area (Å²) in [6.07, 6.45) is 2.76. The highest BCUT2D eigenvalue weighted by Crippen LogP contribution is 2.20. The number of benzene rings is 1. The fourth-order valence-electron chi connectivity index (χ4n) is 2.30. The summed E-state index contributed by atoms with van der Waals surface area (Å²) in [5.41, 5.74) is -0.592. The van der Waals surface area contributed by atoms with Crippen LogP contribution in [-0.4, -0.2) is 29.1 Å². The zero-order valence-corrected chi connectivity index (χ0v) is 13.7. The molecule has 0 spiro atoms. The largest absolute Gasteiger partial charge is 0.388 e. The Morgan fingerprint density at radius 1 is 1.14 bits per heavy atom. The minimum atomic E-state index is -0.968. The Balaban J connectivity index is 2.57. The van der Waals surface area contributed by atoms with Crippen molar-refractivity contribution in [3.05, 3.63) is 29.3 Å². The zero-order chi connectivity index (χ0) is 16.6. The van der Waals surface area contributed by atoms with Crippen LogP contribution in [0.25, 0.3) is 0 Å². The SMILES string of the molecule is CCCC(O)(CCC)CNC(=O)C(=O)Nc1ccccc1Cl. The van der Waals surface area contributed by atoms with Crippen LogP contribution in [0.15, 0.2) is 24.3 Å². The monoisotopic (exact) mass is 326 g/mol. The number of nitrogens with one attached hydrogen (secondary N) is 2. The van der Waals surface area contributed by atoms with Crippen molar-refractivity contribution in [1.29, 1.82) is 0 Å². The van der Waals surface area contributed by atoms with Gasteiger partial charge < -0.3 is 15.7 Å².